The zero-order valence-corrected chi connectivity index (χ0v) is 19.8. The fourth-order valence-electron chi connectivity index (χ4n) is 3.89. The van der Waals surface area contributed by atoms with Crippen LogP contribution in [0.2, 0.25) is 0 Å². The lowest BCUT2D eigenvalue weighted by atomic mass is 9.95. The van der Waals surface area contributed by atoms with E-state index in [1.807, 2.05) is 26.8 Å². The lowest BCUT2D eigenvalue weighted by Gasteiger charge is -2.30. The fourth-order valence-corrected chi connectivity index (χ4v) is 5.37. The number of Topliss-reactive ketones (excluding diaryl/α,β-unsaturated/α-hetero) is 1. The maximum atomic E-state index is 13.5. The van der Waals surface area contributed by atoms with Crippen LogP contribution in [0.1, 0.15) is 46.8 Å². The Morgan fingerprint density at radius 2 is 1.58 bits per heavy atom. The number of hydrogen-bond donors (Lipinski definition) is 0. The molecule has 1 heterocycles. The summed E-state index contributed by atoms with van der Waals surface area (Å²) in [7, 11) is -4.01. The van der Waals surface area contributed by atoms with Gasteiger partial charge in [0.05, 0.1) is 10.8 Å². The monoisotopic (exact) mass is 479 g/mol. The molecule has 3 rings (SSSR count). The van der Waals surface area contributed by atoms with E-state index in [2.05, 4.69) is 0 Å². The number of hydrogen-bond acceptors (Lipinski definition) is 5. The summed E-state index contributed by atoms with van der Waals surface area (Å²) in [6.07, 6.45) is -0.571. The number of benzene rings is 2. The quantitative estimate of drug-likeness (QED) is 0.460. The molecule has 2 aromatic rings. The van der Waals surface area contributed by atoms with Crippen LogP contribution in [0.15, 0.2) is 35.2 Å². The zero-order valence-electron chi connectivity index (χ0n) is 19.0. The van der Waals surface area contributed by atoms with Gasteiger partial charge in [-0.3, -0.25) is 9.59 Å². The Labute approximate surface area is 192 Å². The van der Waals surface area contributed by atoms with Gasteiger partial charge in [-0.25, -0.2) is 17.2 Å². The Balaban J connectivity index is 1.61. The first kappa shape index (κ1) is 25.0. The molecule has 0 amide bonds. The van der Waals surface area contributed by atoms with Crippen molar-refractivity contribution < 1.29 is 31.5 Å². The molecule has 0 saturated carbocycles. The van der Waals surface area contributed by atoms with E-state index in [0.717, 1.165) is 33.1 Å². The molecule has 0 bridgehead atoms. The minimum absolute atomic E-state index is 0.0275. The summed E-state index contributed by atoms with van der Waals surface area (Å²) >= 11 is 0. The van der Waals surface area contributed by atoms with E-state index in [0.29, 0.717) is 11.6 Å². The molecular weight excluding hydrogens is 452 g/mol. The summed E-state index contributed by atoms with van der Waals surface area (Å²) in [5.41, 5.74) is 3.35. The van der Waals surface area contributed by atoms with Gasteiger partial charge in [-0.05, 0) is 81.5 Å². The van der Waals surface area contributed by atoms with Gasteiger partial charge in [-0.15, -0.1) is 0 Å². The second kappa shape index (κ2) is 9.69. The molecule has 1 atom stereocenters. The second-order valence-electron chi connectivity index (χ2n) is 8.45. The minimum Gasteiger partial charge on any atom is -0.454 e. The number of rotatable bonds is 6. The maximum Gasteiger partial charge on any atom is 0.309 e. The Hall–Kier alpha value is -2.65. The van der Waals surface area contributed by atoms with Crippen LogP contribution in [0, 0.1) is 38.3 Å². The van der Waals surface area contributed by atoms with Crippen LogP contribution in [-0.2, 0) is 19.6 Å². The van der Waals surface area contributed by atoms with E-state index < -0.39 is 39.6 Å². The van der Waals surface area contributed by atoms with Crippen molar-refractivity contribution in [2.24, 2.45) is 5.92 Å². The molecule has 1 unspecified atom stereocenters. The van der Waals surface area contributed by atoms with Crippen molar-refractivity contribution in [3.8, 4) is 0 Å². The van der Waals surface area contributed by atoms with Crippen molar-refractivity contribution in [2.45, 2.75) is 51.5 Å². The number of piperidine rings is 1. The highest BCUT2D eigenvalue weighted by molar-refractivity contribution is 7.89. The minimum atomic E-state index is -4.01. The largest absolute Gasteiger partial charge is 0.454 e. The first-order chi connectivity index (χ1) is 15.4. The predicted molar refractivity (Wildman–Crippen MR) is 118 cm³/mol. The standard InChI is InChI=1S/C24H27F2NO5S/c1-14-11-16(3)20(12-15(14)2)23(28)17(4)32-24(29)18-7-9-27(10-8-18)33(30,31)19-5-6-21(25)22(26)13-19/h5-6,11-13,17-18H,7-10H2,1-4H3. The van der Waals surface area contributed by atoms with Gasteiger partial charge in [-0.1, -0.05) is 6.07 Å². The Kier molecular flexibility index (Phi) is 7.33. The van der Waals surface area contributed by atoms with Gasteiger partial charge >= 0.3 is 5.97 Å². The number of carbonyl (C=O) groups is 2. The average molecular weight is 480 g/mol. The average Bonchev–Trinajstić information content (AvgIpc) is 2.77. The molecule has 1 aliphatic heterocycles. The van der Waals surface area contributed by atoms with E-state index in [9.17, 15) is 26.8 Å². The lowest BCUT2D eigenvalue weighted by Crippen LogP contribution is -2.41. The van der Waals surface area contributed by atoms with Crippen LogP contribution in [-0.4, -0.2) is 43.7 Å². The number of sulfonamides is 1. The van der Waals surface area contributed by atoms with Crippen molar-refractivity contribution in [1.29, 1.82) is 0 Å². The summed E-state index contributed by atoms with van der Waals surface area (Å²) in [5, 5.41) is 0. The molecule has 0 aliphatic carbocycles. The Bertz CT molecular complexity index is 1190. The molecule has 1 fully saturated rings. The number of nitrogens with zero attached hydrogens (tertiary/aromatic N) is 1. The molecule has 178 valence electrons. The number of ether oxygens (including phenoxy) is 1. The van der Waals surface area contributed by atoms with Crippen LogP contribution >= 0.6 is 0 Å². The van der Waals surface area contributed by atoms with E-state index in [4.69, 9.17) is 4.74 Å². The molecule has 9 heteroatoms. The molecule has 0 N–H and O–H groups in total. The molecular formula is C24H27F2NO5S. The SMILES string of the molecule is Cc1cc(C)c(C(=O)C(C)OC(=O)C2CCN(S(=O)(=O)c3ccc(F)c(F)c3)CC2)cc1C. The third-order valence-corrected chi connectivity index (χ3v) is 7.98. The zero-order chi connectivity index (χ0) is 24.5. The maximum absolute atomic E-state index is 13.5. The topological polar surface area (TPSA) is 80.8 Å². The number of esters is 1. The summed E-state index contributed by atoms with van der Waals surface area (Å²) in [6, 6.07) is 6.13. The molecule has 1 saturated heterocycles. The van der Waals surface area contributed by atoms with E-state index >= 15 is 0 Å². The van der Waals surface area contributed by atoms with Gasteiger partial charge in [-0.2, -0.15) is 4.31 Å². The van der Waals surface area contributed by atoms with Crippen molar-refractivity contribution in [3.63, 3.8) is 0 Å². The Morgan fingerprint density at radius 1 is 0.970 bits per heavy atom. The highest BCUT2D eigenvalue weighted by Crippen LogP contribution is 2.26. The molecule has 0 spiro atoms. The molecule has 0 radical (unpaired) electrons. The van der Waals surface area contributed by atoms with Gasteiger partial charge in [0.1, 0.15) is 0 Å². The van der Waals surface area contributed by atoms with E-state index in [-0.39, 0.29) is 36.6 Å². The van der Waals surface area contributed by atoms with Crippen molar-refractivity contribution in [3.05, 3.63) is 64.2 Å². The number of halogens is 2. The van der Waals surface area contributed by atoms with Crippen LogP contribution in [0.25, 0.3) is 0 Å². The fraction of sp³-hybridized carbons (Fsp3) is 0.417. The Morgan fingerprint density at radius 3 is 2.18 bits per heavy atom. The van der Waals surface area contributed by atoms with Crippen LogP contribution in [0.5, 0.6) is 0 Å². The van der Waals surface area contributed by atoms with E-state index in [1.165, 1.54) is 6.92 Å². The molecule has 33 heavy (non-hydrogen) atoms. The smallest absolute Gasteiger partial charge is 0.309 e. The normalized spacial score (nSPS) is 16.4. The number of carbonyl (C=O) groups excluding carboxylic acids is 2. The van der Waals surface area contributed by atoms with Crippen LogP contribution in [0.3, 0.4) is 0 Å². The summed E-state index contributed by atoms with van der Waals surface area (Å²) in [6.45, 7) is 7.28. The predicted octanol–water partition coefficient (Wildman–Crippen LogP) is 4.11. The third-order valence-electron chi connectivity index (χ3n) is 6.08. The van der Waals surface area contributed by atoms with Crippen molar-refractivity contribution in [2.75, 3.05) is 13.1 Å². The molecule has 6 nitrogen and oxygen atoms in total. The first-order valence-corrected chi connectivity index (χ1v) is 12.1. The third kappa shape index (κ3) is 5.30. The summed E-state index contributed by atoms with van der Waals surface area (Å²) in [4.78, 5) is 25.1. The van der Waals surface area contributed by atoms with Crippen LogP contribution < -0.4 is 0 Å². The van der Waals surface area contributed by atoms with Gasteiger partial charge in [0, 0.05) is 18.7 Å². The van der Waals surface area contributed by atoms with Gasteiger partial charge in [0.15, 0.2) is 17.7 Å². The van der Waals surface area contributed by atoms with Crippen molar-refractivity contribution >= 4 is 21.8 Å². The highest BCUT2D eigenvalue weighted by atomic mass is 32.2. The lowest BCUT2D eigenvalue weighted by molar-refractivity contribution is -0.152. The molecule has 2 aromatic carbocycles. The molecule has 0 aromatic heterocycles. The van der Waals surface area contributed by atoms with E-state index in [1.54, 1.807) is 6.07 Å². The van der Waals surface area contributed by atoms with Gasteiger partial charge in [0.2, 0.25) is 15.8 Å². The first-order valence-electron chi connectivity index (χ1n) is 10.7. The second-order valence-corrected chi connectivity index (χ2v) is 10.4. The van der Waals surface area contributed by atoms with Crippen LogP contribution in [0.4, 0.5) is 8.78 Å². The number of aryl methyl sites for hydroxylation is 3. The van der Waals surface area contributed by atoms with Gasteiger partial charge < -0.3 is 4.74 Å². The van der Waals surface area contributed by atoms with Gasteiger partial charge in [0.25, 0.3) is 0 Å². The van der Waals surface area contributed by atoms with Crippen molar-refractivity contribution in [1.82, 2.24) is 4.31 Å². The summed E-state index contributed by atoms with van der Waals surface area (Å²) in [5.74, 6) is -3.77. The highest BCUT2D eigenvalue weighted by Gasteiger charge is 2.34. The summed E-state index contributed by atoms with van der Waals surface area (Å²) < 4.78 is 58.6. The number of ketones is 1. The molecule has 1 aliphatic rings.